The van der Waals surface area contributed by atoms with Crippen molar-refractivity contribution in [1.82, 2.24) is 0 Å². The zero-order valence-corrected chi connectivity index (χ0v) is 11.0. The van der Waals surface area contributed by atoms with Crippen LogP contribution in [0.1, 0.15) is 36.0 Å². The van der Waals surface area contributed by atoms with Gasteiger partial charge in [-0.2, -0.15) is 0 Å². The lowest BCUT2D eigenvalue weighted by Crippen LogP contribution is -2.30. The van der Waals surface area contributed by atoms with Gasteiger partial charge in [-0.05, 0) is 43.9 Å². The van der Waals surface area contributed by atoms with Crippen molar-refractivity contribution in [1.29, 1.82) is 0 Å². The van der Waals surface area contributed by atoms with Crippen LogP contribution in [0.2, 0.25) is 10.0 Å². The molecule has 1 aliphatic rings. The number of ketones is 1. The highest BCUT2D eigenvalue weighted by atomic mass is 35.5. The topological polar surface area (TPSA) is 43.1 Å². The predicted octanol–water partition coefficient (Wildman–Crippen LogP) is 3.69. The number of carbonyl (C=O) groups is 1. The Kier molecular flexibility index (Phi) is 4.08. The van der Waals surface area contributed by atoms with Crippen LogP contribution in [0.5, 0.6) is 0 Å². The molecule has 17 heavy (non-hydrogen) atoms. The molecule has 1 aliphatic carbocycles. The van der Waals surface area contributed by atoms with Crippen LogP contribution in [0, 0.1) is 5.92 Å². The molecule has 92 valence electrons. The summed E-state index contributed by atoms with van der Waals surface area (Å²) in [5.74, 6) is 0.148. The smallest absolute Gasteiger partial charge is 0.167 e. The molecule has 1 aromatic rings. The van der Waals surface area contributed by atoms with Crippen LogP contribution < -0.4 is 5.73 Å². The summed E-state index contributed by atoms with van der Waals surface area (Å²) in [6.07, 6.45) is 3.52. The van der Waals surface area contributed by atoms with E-state index in [9.17, 15) is 4.79 Å². The van der Waals surface area contributed by atoms with Gasteiger partial charge in [-0.15, -0.1) is 0 Å². The molecule has 2 N–H and O–H groups in total. The van der Waals surface area contributed by atoms with E-state index in [0.29, 0.717) is 15.6 Å². The third kappa shape index (κ3) is 3.01. The molecule has 0 amide bonds. The quantitative estimate of drug-likeness (QED) is 0.834. The van der Waals surface area contributed by atoms with Gasteiger partial charge < -0.3 is 5.73 Å². The molecular formula is C13H15Cl2NO. The van der Waals surface area contributed by atoms with Crippen molar-refractivity contribution >= 4 is 29.0 Å². The number of hydrogen-bond acceptors (Lipinski definition) is 2. The molecular weight excluding hydrogens is 257 g/mol. The first kappa shape index (κ1) is 12.9. The van der Waals surface area contributed by atoms with E-state index in [1.54, 1.807) is 18.2 Å². The Morgan fingerprint density at radius 3 is 2.47 bits per heavy atom. The molecule has 1 saturated carbocycles. The van der Waals surface area contributed by atoms with Crippen molar-refractivity contribution in [3.63, 3.8) is 0 Å². The lowest BCUT2D eigenvalue weighted by molar-refractivity contribution is 0.0885. The molecule has 0 heterocycles. The van der Waals surface area contributed by atoms with E-state index in [1.807, 2.05) is 0 Å². The van der Waals surface area contributed by atoms with Crippen molar-refractivity contribution in [2.24, 2.45) is 11.7 Å². The summed E-state index contributed by atoms with van der Waals surface area (Å²) in [6.45, 7) is 0. The monoisotopic (exact) mass is 271 g/mol. The Morgan fingerprint density at radius 2 is 1.82 bits per heavy atom. The lowest BCUT2D eigenvalue weighted by Gasteiger charge is -2.25. The fourth-order valence-corrected chi connectivity index (χ4v) is 2.67. The van der Waals surface area contributed by atoms with Crippen LogP contribution in [0.3, 0.4) is 0 Å². The van der Waals surface area contributed by atoms with Gasteiger partial charge in [0.05, 0.1) is 5.02 Å². The molecule has 0 atom stereocenters. The summed E-state index contributed by atoms with van der Waals surface area (Å²) in [7, 11) is 0. The van der Waals surface area contributed by atoms with Crippen LogP contribution in [-0.4, -0.2) is 11.8 Å². The summed E-state index contributed by atoms with van der Waals surface area (Å²) < 4.78 is 0. The zero-order chi connectivity index (χ0) is 12.4. The van der Waals surface area contributed by atoms with E-state index in [0.717, 1.165) is 25.7 Å². The Labute approximate surface area is 111 Å². The third-order valence-electron chi connectivity index (χ3n) is 3.34. The van der Waals surface area contributed by atoms with Crippen molar-refractivity contribution in [3.8, 4) is 0 Å². The number of benzene rings is 1. The Bertz CT molecular complexity index is 425. The van der Waals surface area contributed by atoms with Gasteiger partial charge in [-0.1, -0.05) is 23.2 Å². The SMILES string of the molecule is NC1CCC(C(=O)c2cc(Cl)ccc2Cl)CC1. The molecule has 0 aliphatic heterocycles. The average Bonchev–Trinajstić information content (AvgIpc) is 2.32. The number of Topliss-reactive ketones (excluding diaryl/α,β-unsaturated/α-hetero) is 1. The van der Waals surface area contributed by atoms with Gasteiger partial charge in [-0.25, -0.2) is 0 Å². The second kappa shape index (κ2) is 5.38. The van der Waals surface area contributed by atoms with E-state index in [4.69, 9.17) is 28.9 Å². The number of nitrogens with two attached hydrogens (primary N) is 1. The number of carbonyl (C=O) groups excluding carboxylic acids is 1. The van der Waals surface area contributed by atoms with Gasteiger partial charge in [0.25, 0.3) is 0 Å². The fraction of sp³-hybridized carbons (Fsp3) is 0.462. The second-order valence-electron chi connectivity index (χ2n) is 4.60. The van der Waals surface area contributed by atoms with Crippen molar-refractivity contribution in [2.75, 3.05) is 0 Å². The maximum Gasteiger partial charge on any atom is 0.167 e. The lowest BCUT2D eigenvalue weighted by atomic mass is 9.82. The first-order valence-electron chi connectivity index (χ1n) is 5.83. The first-order chi connectivity index (χ1) is 8.08. The molecule has 0 unspecified atom stereocenters. The Hall–Kier alpha value is -0.570. The minimum Gasteiger partial charge on any atom is -0.328 e. The molecule has 0 saturated heterocycles. The summed E-state index contributed by atoms with van der Waals surface area (Å²) in [6, 6.07) is 5.26. The summed E-state index contributed by atoms with van der Waals surface area (Å²) in [5, 5.41) is 1.03. The fourth-order valence-electron chi connectivity index (χ4n) is 2.29. The molecule has 0 radical (unpaired) electrons. The van der Waals surface area contributed by atoms with Crippen LogP contribution in [0.4, 0.5) is 0 Å². The standard InChI is InChI=1S/C13H15Cl2NO/c14-9-3-6-12(15)11(7-9)13(17)8-1-4-10(16)5-2-8/h3,6-8,10H,1-2,4-5,16H2. The molecule has 4 heteroatoms. The van der Waals surface area contributed by atoms with Gasteiger partial charge in [0.1, 0.15) is 0 Å². The van der Waals surface area contributed by atoms with E-state index >= 15 is 0 Å². The number of hydrogen-bond donors (Lipinski definition) is 1. The van der Waals surface area contributed by atoms with E-state index in [2.05, 4.69) is 0 Å². The minimum absolute atomic E-state index is 0.0470. The average molecular weight is 272 g/mol. The van der Waals surface area contributed by atoms with Gasteiger partial charge in [-0.3, -0.25) is 4.79 Å². The summed E-state index contributed by atoms with van der Waals surface area (Å²) in [5.41, 5.74) is 6.37. The van der Waals surface area contributed by atoms with E-state index in [-0.39, 0.29) is 17.7 Å². The van der Waals surface area contributed by atoms with Crippen molar-refractivity contribution in [2.45, 2.75) is 31.7 Å². The highest BCUT2D eigenvalue weighted by Gasteiger charge is 2.26. The van der Waals surface area contributed by atoms with Gasteiger partial charge in [0.15, 0.2) is 5.78 Å². The van der Waals surface area contributed by atoms with Crippen LogP contribution in [0.25, 0.3) is 0 Å². The second-order valence-corrected chi connectivity index (χ2v) is 5.44. The highest BCUT2D eigenvalue weighted by molar-refractivity contribution is 6.36. The molecule has 1 fully saturated rings. The highest BCUT2D eigenvalue weighted by Crippen LogP contribution is 2.30. The third-order valence-corrected chi connectivity index (χ3v) is 3.90. The van der Waals surface area contributed by atoms with Crippen LogP contribution in [0.15, 0.2) is 18.2 Å². The van der Waals surface area contributed by atoms with Crippen LogP contribution in [-0.2, 0) is 0 Å². The van der Waals surface area contributed by atoms with E-state index < -0.39 is 0 Å². The van der Waals surface area contributed by atoms with E-state index in [1.165, 1.54) is 0 Å². The van der Waals surface area contributed by atoms with Crippen LogP contribution >= 0.6 is 23.2 Å². The summed E-state index contributed by atoms with van der Waals surface area (Å²) >= 11 is 11.9. The normalized spacial score (nSPS) is 24.6. The summed E-state index contributed by atoms with van der Waals surface area (Å²) in [4.78, 5) is 12.3. The molecule has 2 rings (SSSR count). The van der Waals surface area contributed by atoms with Crippen molar-refractivity contribution < 1.29 is 4.79 Å². The maximum absolute atomic E-state index is 12.3. The van der Waals surface area contributed by atoms with Gasteiger partial charge in [0.2, 0.25) is 0 Å². The predicted molar refractivity (Wildman–Crippen MR) is 70.7 cm³/mol. The largest absolute Gasteiger partial charge is 0.328 e. The maximum atomic E-state index is 12.3. The molecule has 0 bridgehead atoms. The molecule has 0 spiro atoms. The van der Waals surface area contributed by atoms with Gasteiger partial charge in [0, 0.05) is 22.5 Å². The van der Waals surface area contributed by atoms with Gasteiger partial charge >= 0.3 is 0 Å². The zero-order valence-electron chi connectivity index (χ0n) is 9.46. The minimum atomic E-state index is 0.0470. The number of halogens is 2. The molecule has 2 nitrogen and oxygen atoms in total. The number of rotatable bonds is 2. The Balaban J connectivity index is 2.16. The Morgan fingerprint density at radius 1 is 1.18 bits per heavy atom. The molecule has 1 aromatic carbocycles. The van der Waals surface area contributed by atoms with Crippen molar-refractivity contribution in [3.05, 3.63) is 33.8 Å². The molecule has 0 aromatic heterocycles. The first-order valence-corrected chi connectivity index (χ1v) is 6.58.